The second-order valence-corrected chi connectivity index (χ2v) is 3.02. The molecule has 1 aromatic heterocycles. The minimum atomic E-state index is -0.171. The van der Waals surface area contributed by atoms with Crippen LogP contribution in [0.2, 0.25) is 0 Å². The molecule has 0 fully saturated rings. The smallest absolute Gasteiger partial charge is 0.312 e. The van der Waals surface area contributed by atoms with Gasteiger partial charge in [0.25, 0.3) is 0 Å². The molecule has 1 aromatic carbocycles. The van der Waals surface area contributed by atoms with Crippen LogP contribution in [0.15, 0.2) is 35.3 Å². The molecule has 0 aliphatic carbocycles. The van der Waals surface area contributed by atoms with Gasteiger partial charge in [-0.1, -0.05) is 29.8 Å². The van der Waals surface area contributed by atoms with E-state index in [1.807, 2.05) is 31.2 Å². The Morgan fingerprint density at radius 3 is 2.38 bits per heavy atom. The van der Waals surface area contributed by atoms with E-state index in [0.29, 0.717) is 0 Å². The molecule has 0 saturated carbocycles. The Bertz CT molecular complexity index is 450. The van der Waals surface area contributed by atoms with Crippen LogP contribution >= 0.6 is 0 Å². The number of rotatable bonds is 1. The Hall–Kier alpha value is -1.77. The standard InChI is InChI=1S/C10H10N2O/c1-7-2-4-8(5-3-7)9-6-11-10(13)12-9/h2-6H,1H3,(H2,11,12,13). The van der Waals surface area contributed by atoms with Gasteiger partial charge in [0.05, 0.1) is 5.69 Å². The van der Waals surface area contributed by atoms with Crippen molar-refractivity contribution in [2.75, 3.05) is 0 Å². The molecule has 0 radical (unpaired) electrons. The van der Waals surface area contributed by atoms with Crippen LogP contribution in [-0.2, 0) is 0 Å². The third kappa shape index (κ3) is 1.54. The Morgan fingerprint density at radius 2 is 1.85 bits per heavy atom. The van der Waals surface area contributed by atoms with E-state index < -0.39 is 0 Å². The Morgan fingerprint density at radius 1 is 1.15 bits per heavy atom. The number of benzene rings is 1. The summed E-state index contributed by atoms with van der Waals surface area (Å²) in [6.45, 7) is 2.03. The second kappa shape index (κ2) is 2.94. The van der Waals surface area contributed by atoms with E-state index >= 15 is 0 Å². The lowest BCUT2D eigenvalue weighted by Crippen LogP contribution is -1.99. The molecule has 66 valence electrons. The van der Waals surface area contributed by atoms with E-state index in [1.165, 1.54) is 5.56 Å². The highest BCUT2D eigenvalue weighted by Crippen LogP contribution is 2.14. The van der Waals surface area contributed by atoms with Gasteiger partial charge in [0.1, 0.15) is 0 Å². The highest BCUT2D eigenvalue weighted by atomic mass is 16.1. The molecule has 2 N–H and O–H groups in total. The summed E-state index contributed by atoms with van der Waals surface area (Å²) in [5.41, 5.74) is 2.88. The number of hydrogen-bond acceptors (Lipinski definition) is 1. The van der Waals surface area contributed by atoms with Gasteiger partial charge in [-0.3, -0.25) is 0 Å². The lowest BCUT2D eigenvalue weighted by molar-refractivity contribution is 1.19. The zero-order valence-corrected chi connectivity index (χ0v) is 7.29. The van der Waals surface area contributed by atoms with E-state index in [2.05, 4.69) is 9.97 Å². The topological polar surface area (TPSA) is 48.6 Å². The van der Waals surface area contributed by atoms with Crippen LogP contribution in [0.3, 0.4) is 0 Å². The molecule has 0 aliphatic heterocycles. The summed E-state index contributed by atoms with van der Waals surface area (Å²) in [7, 11) is 0. The monoisotopic (exact) mass is 174 g/mol. The number of imidazole rings is 1. The van der Waals surface area contributed by atoms with Gasteiger partial charge in [-0.15, -0.1) is 0 Å². The number of aryl methyl sites for hydroxylation is 1. The molecule has 13 heavy (non-hydrogen) atoms. The zero-order chi connectivity index (χ0) is 9.26. The van der Waals surface area contributed by atoms with Crippen LogP contribution in [0.4, 0.5) is 0 Å². The van der Waals surface area contributed by atoms with Crippen LogP contribution in [0, 0.1) is 6.92 Å². The molecule has 0 amide bonds. The number of nitrogens with one attached hydrogen (secondary N) is 2. The second-order valence-electron chi connectivity index (χ2n) is 3.02. The number of H-pyrrole nitrogens is 2. The molecule has 0 atom stereocenters. The van der Waals surface area contributed by atoms with E-state index in [0.717, 1.165) is 11.3 Å². The van der Waals surface area contributed by atoms with E-state index in [-0.39, 0.29) is 5.69 Å². The Labute approximate surface area is 75.4 Å². The molecule has 3 nitrogen and oxygen atoms in total. The highest BCUT2D eigenvalue weighted by Gasteiger charge is 1.98. The minimum absolute atomic E-state index is 0.171. The Balaban J connectivity index is 2.47. The molecule has 0 unspecified atom stereocenters. The molecular weight excluding hydrogens is 164 g/mol. The summed E-state index contributed by atoms with van der Waals surface area (Å²) in [5, 5.41) is 0. The predicted molar refractivity (Wildman–Crippen MR) is 51.6 cm³/mol. The number of hydrogen-bond donors (Lipinski definition) is 2. The fourth-order valence-corrected chi connectivity index (χ4v) is 1.22. The average Bonchev–Trinajstić information content (AvgIpc) is 2.53. The summed E-state index contributed by atoms with van der Waals surface area (Å²) in [6, 6.07) is 7.99. The van der Waals surface area contributed by atoms with Crippen molar-refractivity contribution in [2.45, 2.75) is 6.92 Å². The molecule has 0 bridgehead atoms. The summed E-state index contributed by atoms with van der Waals surface area (Å²) >= 11 is 0. The van der Waals surface area contributed by atoms with E-state index in [9.17, 15) is 4.79 Å². The number of aromatic amines is 2. The van der Waals surface area contributed by atoms with Crippen molar-refractivity contribution < 1.29 is 0 Å². The van der Waals surface area contributed by atoms with Gasteiger partial charge in [-0.25, -0.2) is 4.79 Å². The normalized spacial score (nSPS) is 10.2. The van der Waals surface area contributed by atoms with Crippen LogP contribution in [0.1, 0.15) is 5.56 Å². The van der Waals surface area contributed by atoms with Crippen molar-refractivity contribution in [1.82, 2.24) is 9.97 Å². The fraction of sp³-hybridized carbons (Fsp3) is 0.100. The Kier molecular flexibility index (Phi) is 1.77. The van der Waals surface area contributed by atoms with Gasteiger partial charge < -0.3 is 9.97 Å². The van der Waals surface area contributed by atoms with Gasteiger partial charge in [0.15, 0.2) is 0 Å². The molecule has 2 rings (SSSR count). The number of aromatic nitrogens is 2. The van der Waals surface area contributed by atoms with Crippen molar-refractivity contribution >= 4 is 0 Å². The van der Waals surface area contributed by atoms with Gasteiger partial charge in [-0.2, -0.15) is 0 Å². The maximum Gasteiger partial charge on any atom is 0.323 e. The summed E-state index contributed by atoms with van der Waals surface area (Å²) in [4.78, 5) is 16.1. The van der Waals surface area contributed by atoms with Gasteiger partial charge in [0.2, 0.25) is 0 Å². The van der Waals surface area contributed by atoms with Crippen LogP contribution in [0.25, 0.3) is 11.3 Å². The third-order valence-corrected chi connectivity index (χ3v) is 1.96. The SMILES string of the molecule is Cc1ccc(-c2c[nH]c(=O)[nH]2)cc1. The molecular formula is C10H10N2O. The van der Waals surface area contributed by atoms with Gasteiger partial charge in [-0.05, 0) is 12.5 Å². The van der Waals surface area contributed by atoms with E-state index in [4.69, 9.17) is 0 Å². The lowest BCUT2D eigenvalue weighted by atomic mass is 10.1. The maximum absolute atomic E-state index is 10.8. The molecule has 0 spiro atoms. The first-order valence-electron chi connectivity index (χ1n) is 4.10. The van der Waals surface area contributed by atoms with E-state index in [1.54, 1.807) is 6.20 Å². The van der Waals surface area contributed by atoms with Crippen molar-refractivity contribution in [3.63, 3.8) is 0 Å². The quantitative estimate of drug-likeness (QED) is 0.678. The fourth-order valence-electron chi connectivity index (χ4n) is 1.22. The predicted octanol–water partition coefficient (Wildman–Crippen LogP) is 1.68. The summed E-state index contributed by atoms with van der Waals surface area (Å²) in [6.07, 6.45) is 1.67. The zero-order valence-electron chi connectivity index (χ0n) is 7.29. The molecule has 0 aliphatic rings. The molecule has 0 saturated heterocycles. The largest absolute Gasteiger partial charge is 0.323 e. The van der Waals surface area contributed by atoms with Crippen LogP contribution < -0.4 is 5.69 Å². The molecule has 3 heteroatoms. The lowest BCUT2D eigenvalue weighted by Gasteiger charge is -1.96. The first-order chi connectivity index (χ1) is 6.25. The van der Waals surface area contributed by atoms with Crippen LogP contribution in [0.5, 0.6) is 0 Å². The first kappa shape index (κ1) is 7.86. The first-order valence-corrected chi connectivity index (χ1v) is 4.10. The average molecular weight is 174 g/mol. The summed E-state index contributed by atoms with van der Waals surface area (Å²) in [5.74, 6) is 0. The van der Waals surface area contributed by atoms with Crippen molar-refractivity contribution in [1.29, 1.82) is 0 Å². The maximum atomic E-state index is 10.8. The summed E-state index contributed by atoms with van der Waals surface area (Å²) < 4.78 is 0. The molecule has 1 heterocycles. The van der Waals surface area contributed by atoms with Crippen molar-refractivity contribution in [3.8, 4) is 11.3 Å². The molecule has 2 aromatic rings. The van der Waals surface area contributed by atoms with Gasteiger partial charge >= 0.3 is 5.69 Å². The third-order valence-electron chi connectivity index (χ3n) is 1.96. The van der Waals surface area contributed by atoms with Gasteiger partial charge in [0, 0.05) is 6.20 Å². The van der Waals surface area contributed by atoms with Crippen LogP contribution in [-0.4, -0.2) is 9.97 Å². The highest BCUT2D eigenvalue weighted by molar-refractivity contribution is 5.58. The minimum Gasteiger partial charge on any atom is -0.312 e. The van der Waals surface area contributed by atoms with Crippen molar-refractivity contribution in [3.05, 3.63) is 46.5 Å². The van der Waals surface area contributed by atoms with Crippen molar-refractivity contribution in [2.24, 2.45) is 0 Å².